The van der Waals surface area contributed by atoms with E-state index in [9.17, 15) is 4.79 Å². The average molecular weight is 404 g/mol. The molecule has 0 amide bonds. The van der Waals surface area contributed by atoms with Crippen molar-refractivity contribution in [2.45, 2.75) is 64.8 Å². The molecule has 2 aromatic heterocycles. The first kappa shape index (κ1) is 19.6. The molecule has 0 spiro atoms. The summed E-state index contributed by atoms with van der Waals surface area (Å²) in [7, 11) is 0. The van der Waals surface area contributed by atoms with Crippen molar-refractivity contribution in [1.29, 1.82) is 0 Å². The largest absolute Gasteiger partial charge is 0.354 e. The first-order valence-corrected chi connectivity index (χ1v) is 11.6. The van der Waals surface area contributed by atoms with E-state index in [0.29, 0.717) is 17.8 Å². The average Bonchev–Trinajstić information content (AvgIpc) is 3.47. The number of hydrogen-bond acceptors (Lipinski definition) is 2. The molecule has 0 radical (unpaired) electrons. The van der Waals surface area contributed by atoms with Crippen LogP contribution in [0.5, 0.6) is 0 Å². The molecule has 3 heterocycles. The highest BCUT2D eigenvalue weighted by atomic mass is 16.1. The second-order valence-corrected chi connectivity index (χ2v) is 9.71. The molecular weight excluding hydrogens is 370 g/mol. The Hall–Kier alpha value is -2.33. The lowest BCUT2D eigenvalue weighted by Crippen LogP contribution is -2.26. The van der Waals surface area contributed by atoms with Gasteiger partial charge in [-0.2, -0.15) is 0 Å². The first-order valence-electron chi connectivity index (χ1n) is 11.6. The van der Waals surface area contributed by atoms with Crippen molar-refractivity contribution in [1.82, 2.24) is 14.9 Å². The number of piperidine rings is 1. The molecule has 1 aliphatic heterocycles. The normalized spacial score (nSPS) is 17.9. The van der Waals surface area contributed by atoms with E-state index in [1.807, 2.05) is 11.5 Å². The fraction of sp³-hybridized carbons (Fsp3) is 0.500. The summed E-state index contributed by atoms with van der Waals surface area (Å²) >= 11 is 0. The molecule has 158 valence electrons. The van der Waals surface area contributed by atoms with E-state index >= 15 is 0 Å². The summed E-state index contributed by atoms with van der Waals surface area (Å²) < 4.78 is 1.94. The number of nitrogens with one attached hydrogen (secondary N) is 2. The molecule has 0 atom stereocenters. The van der Waals surface area contributed by atoms with Gasteiger partial charge in [-0.1, -0.05) is 19.9 Å². The van der Waals surface area contributed by atoms with Crippen LogP contribution < -0.4 is 10.9 Å². The van der Waals surface area contributed by atoms with Crippen LogP contribution in [0.15, 0.2) is 35.3 Å². The van der Waals surface area contributed by atoms with Gasteiger partial charge in [-0.15, -0.1) is 0 Å². The molecule has 2 fully saturated rings. The molecule has 1 aliphatic carbocycles. The molecule has 0 unspecified atom stereocenters. The predicted octanol–water partition coefficient (Wildman–Crippen LogP) is 5.31. The standard InChI is InChI=1S/C26H33N3O/c1-16(2)24-22-13-20(19-8-10-27-11-9-19)6-7-23(22)28-25(24)21-12-17(3)26(30)29(15-21)14-18-4-5-18/h6-7,12-13,15-16,18-19,27-28H,4-5,8-11,14H2,1-3H3. The van der Waals surface area contributed by atoms with Crippen LogP contribution in [0.1, 0.15) is 68.1 Å². The maximum Gasteiger partial charge on any atom is 0.253 e. The SMILES string of the molecule is Cc1cc(-c2[nH]c3ccc(C4CCNCC4)cc3c2C(C)C)cn(CC2CC2)c1=O. The van der Waals surface area contributed by atoms with Gasteiger partial charge in [0.1, 0.15) is 0 Å². The van der Waals surface area contributed by atoms with Gasteiger partial charge in [0, 0.05) is 34.8 Å². The third-order valence-corrected chi connectivity index (χ3v) is 6.96. The van der Waals surface area contributed by atoms with Gasteiger partial charge in [0.05, 0.1) is 5.69 Å². The maximum absolute atomic E-state index is 12.7. The summed E-state index contributed by atoms with van der Waals surface area (Å²) in [6.45, 7) is 9.57. The minimum atomic E-state index is 0.154. The predicted molar refractivity (Wildman–Crippen MR) is 124 cm³/mol. The highest BCUT2D eigenvalue weighted by Crippen LogP contribution is 2.38. The molecule has 0 bridgehead atoms. The van der Waals surface area contributed by atoms with Crippen LogP contribution >= 0.6 is 0 Å². The van der Waals surface area contributed by atoms with Crippen LogP contribution in [-0.4, -0.2) is 22.6 Å². The Labute approximate surface area is 178 Å². The Balaban J connectivity index is 1.63. The fourth-order valence-corrected chi connectivity index (χ4v) is 5.10. The Kier molecular flexibility index (Phi) is 5.06. The van der Waals surface area contributed by atoms with E-state index in [-0.39, 0.29) is 5.56 Å². The number of aryl methyl sites for hydroxylation is 1. The van der Waals surface area contributed by atoms with Gasteiger partial charge in [-0.3, -0.25) is 4.79 Å². The lowest BCUT2D eigenvalue weighted by molar-refractivity contribution is 0.460. The zero-order valence-corrected chi connectivity index (χ0v) is 18.4. The van der Waals surface area contributed by atoms with Gasteiger partial charge >= 0.3 is 0 Å². The van der Waals surface area contributed by atoms with Gasteiger partial charge in [-0.25, -0.2) is 0 Å². The van der Waals surface area contributed by atoms with E-state index in [1.165, 1.54) is 53.4 Å². The first-order chi connectivity index (χ1) is 14.5. The van der Waals surface area contributed by atoms with Crippen molar-refractivity contribution < 1.29 is 0 Å². The number of aromatic nitrogens is 2. The van der Waals surface area contributed by atoms with Crippen LogP contribution in [0.2, 0.25) is 0 Å². The zero-order chi connectivity index (χ0) is 20.8. The molecule has 4 nitrogen and oxygen atoms in total. The minimum Gasteiger partial charge on any atom is -0.354 e. The van der Waals surface area contributed by atoms with Gasteiger partial charge in [0.15, 0.2) is 0 Å². The van der Waals surface area contributed by atoms with Crippen molar-refractivity contribution in [2.24, 2.45) is 5.92 Å². The third-order valence-electron chi connectivity index (χ3n) is 6.96. The van der Waals surface area contributed by atoms with E-state index in [1.54, 1.807) is 0 Å². The molecule has 1 aromatic carbocycles. The number of benzene rings is 1. The van der Waals surface area contributed by atoms with Crippen LogP contribution in [-0.2, 0) is 6.54 Å². The second-order valence-electron chi connectivity index (χ2n) is 9.71. The molecule has 1 saturated carbocycles. The van der Waals surface area contributed by atoms with E-state index in [0.717, 1.165) is 30.8 Å². The molecule has 2 N–H and O–H groups in total. The van der Waals surface area contributed by atoms with Gasteiger partial charge in [0.25, 0.3) is 5.56 Å². The summed E-state index contributed by atoms with van der Waals surface area (Å²) in [5.74, 6) is 1.73. The Morgan fingerprint density at radius 1 is 1.10 bits per heavy atom. The quantitative estimate of drug-likeness (QED) is 0.607. The topological polar surface area (TPSA) is 49.8 Å². The lowest BCUT2D eigenvalue weighted by atomic mass is 9.88. The van der Waals surface area contributed by atoms with Crippen molar-refractivity contribution in [3.63, 3.8) is 0 Å². The number of hydrogen-bond donors (Lipinski definition) is 2. The number of aromatic amines is 1. The number of rotatable bonds is 5. The van der Waals surface area contributed by atoms with Crippen molar-refractivity contribution in [3.05, 3.63) is 57.5 Å². The molecule has 2 aliphatic rings. The highest BCUT2D eigenvalue weighted by Gasteiger charge is 2.24. The third kappa shape index (κ3) is 3.62. The van der Waals surface area contributed by atoms with E-state index in [2.05, 4.69) is 54.6 Å². The number of nitrogens with zero attached hydrogens (tertiary/aromatic N) is 1. The number of H-pyrrole nitrogens is 1. The summed E-state index contributed by atoms with van der Waals surface area (Å²) in [5.41, 5.74) is 7.33. The summed E-state index contributed by atoms with van der Waals surface area (Å²) in [4.78, 5) is 16.4. The van der Waals surface area contributed by atoms with Crippen molar-refractivity contribution >= 4 is 10.9 Å². The van der Waals surface area contributed by atoms with Crippen molar-refractivity contribution in [2.75, 3.05) is 13.1 Å². The number of fused-ring (bicyclic) bond motifs is 1. The Bertz CT molecular complexity index is 1130. The van der Waals surface area contributed by atoms with Crippen molar-refractivity contribution in [3.8, 4) is 11.3 Å². The monoisotopic (exact) mass is 403 g/mol. The Morgan fingerprint density at radius 3 is 2.57 bits per heavy atom. The fourth-order valence-electron chi connectivity index (χ4n) is 5.10. The zero-order valence-electron chi connectivity index (χ0n) is 18.4. The summed E-state index contributed by atoms with van der Waals surface area (Å²) in [5, 5.41) is 4.82. The summed E-state index contributed by atoms with van der Waals surface area (Å²) in [6, 6.07) is 9.06. The van der Waals surface area contributed by atoms with Gasteiger partial charge in [-0.05, 0) is 92.8 Å². The van der Waals surface area contributed by atoms with Gasteiger partial charge < -0.3 is 14.9 Å². The lowest BCUT2D eigenvalue weighted by Gasteiger charge is -2.23. The van der Waals surface area contributed by atoms with Gasteiger partial charge in [0.2, 0.25) is 0 Å². The molecule has 4 heteroatoms. The maximum atomic E-state index is 12.7. The number of pyridine rings is 1. The summed E-state index contributed by atoms with van der Waals surface area (Å²) in [6.07, 6.45) is 7.01. The Morgan fingerprint density at radius 2 is 1.87 bits per heavy atom. The highest BCUT2D eigenvalue weighted by molar-refractivity contribution is 5.92. The van der Waals surface area contributed by atoms with Crippen LogP contribution in [0.4, 0.5) is 0 Å². The molecule has 1 saturated heterocycles. The molecule has 5 rings (SSSR count). The van der Waals surface area contributed by atoms with E-state index < -0.39 is 0 Å². The molecule has 3 aromatic rings. The molecule has 30 heavy (non-hydrogen) atoms. The minimum absolute atomic E-state index is 0.154. The van der Waals surface area contributed by atoms with Crippen LogP contribution in [0, 0.1) is 12.8 Å². The van der Waals surface area contributed by atoms with E-state index in [4.69, 9.17) is 0 Å². The smallest absolute Gasteiger partial charge is 0.253 e. The van der Waals surface area contributed by atoms with Crippen LogP contribution in [0.25, 0.3) is 22.2 Å². The second kappa shape index (κ2) is 7.73. The molecular formula is C26H33N3O. The van der Waals surface area contributed by atoms with Crippen LogP contribution in [0.3, 0.4) is 0 Å².